The Labute approximate surface area is 125 Å². The molecule has 0 saturated heterocycles. The van der Waals surface area contributed by atoms with Crippen LogP contribution in [-0.4, -0.2) is 9.55 Å². The van der Waals surface area contributed by atoms with Gasteiger partial charge in [0.15, 0.2) is 0 Å². The smallest absolute Gasteiger partial charge is 0.138 e. The Morgan fingerprint density at radius 3 is 2.76 bits per heavy atom. The molecular formula is C18H20N2O. The second kappa shape index (κ2) is 5.60. The van der Waals surface area contributed by atoms with Gasteiger partial charge in [0, 0.05) is 23.1 Å². The predicted molar refractivity (Wildman–Crippen MR) is 85.6 cm³/mol. The van der Waals surface area contributed by atoms with E-state index >= 15 is 0 Å². The topological polar surface area (TPSA) is 27.1 Å². The van der Waals surface area contributed by atoms with E-state index in [1.54, 1.807) is 12.4 Å². The lowest BCUT2D eigenvalue weighted by Crippen LogP contribution is -2.08. The molecule has 1 aromatic carbocycles. The number of aromatic nitrogens is 2. The normalized spacial score (nSPS) is 11.2. The molecule has 3 heteroatoms. The number of pyridine rings is 1. The van der Waals surface area contributed by atoms with Crippen molar-refractivity contribution in [1.29, 1.82) is 0 Å². The van der Waals surface area contributed by atoms with Crippen molar-refractivity contribution in [3.63, 3.8) is 0 Å². The Bertz CT molecular complexity index is 745. The van der Waals surface area contributed by atoms with Crippen molar-refractivity contribution in [2.24, 2.45) is 0 Å². The zero-order valence-electron chi connectivity index (χ0n) is 12.7. The lowest BCUT2D eigenvalue weighted by molar-refractivity contribution is 0.292. The summed E-state index contributed by atoms with van der Waals surface area (Å²) in [6, 6.07) is 13.0. The zero-order valence-corrected chi connectivity index (χ0v) is 12.7. The van der Waals surface area contributed by atoms with E-state index in [2.05, 4.69) is 54.6 Å². The SMILES string of the molecule is Cc1ccc2c(c1)cc(COc1cccnc1)n2C(C)C. The molecule has 0 spiro atoms. The molecule has 3 nitrogen and oxygen atoms in total. The number of ether oxygens (including phenoxy) is 1. The highest BCUT2D eigenvalue weighted by Gasteiger charge is 2.12. The summed E-state index contributed by atoms with van der Waals surface area (Å²) in [4.78, 5) is 4.08. The standard InChI is InChI=1S/C18H20N2O/c1-13(2)20-16(12-21-17-5-4-8-19-11-17)10-15-9-14(3)6-7-18(15)20/h4-11,13H,12H2,1-3H3. The number of hydrogen-bond acceptors (Lipinski definition) is 2. The third-order valence-corrected chi connectivity index (χ3v) is 3.61. The van der Waals surface area contributed by atoms with Crippen LogP contribution in [-0.2, 0) is 6.61 Å². The molecule has 3 rings (SSSR count). The van der Waals surface area contributed by atoms with Crippen molar-refractivity contribution in [2.75, 3.05) is 0 Å². The van der Waals surface area contributed by atoms with Gasteiger partial charge in [0.05, 0.1) is 11.9 Å². The first-order valence-corrected chi connectivity index (χ1v) is 7.28. The number of rotatable bonds is 4. The maximum absolute atomic E-state index is 5.86. The van der Waals surface area contributed by atoms with Crippen LogP contribution in [0, 0.1) is 6.92 Å². The molecule has 0 amide bonds. The Morgan fingerprint density at radius 2 is 2.05 bits per heavy atom. The van der Waals surface area contributed by atoms with Crippen molar-refractivity contribution >= 4 is 10.9 Å². The summed E-state index contributed by atoms with van der Waals surface area (Å²) in [6.45, 7) is 7.08. The van der Waals surface area contributed by atoms with E-state index in [1.807, 2.05) is 12.1 Å². The molecule has 0 aliphatic carbocycles. The fourth-order valence-electron chi connectivity index (χ4n) is 2.72. The van der Waals surface area contributed by atoms with Gasteiger partial charge >= 0.3 is 0 Å². The first kappa shape index (κ1) is 13.7. The molecule has 108 valence electrons. The largest absolute Gasteiger partial charge is 0.486 e. The molecule has 0 saturated carbocycles. The summed E-state index contributed by atoms with van der Waals surface area (Å²) >= 11 is 0. The Balaban J connectivity index is 1.95. The molecule has 2 heterocycles. The Morgan fingerprint density at radius 1 is 1.19 bits per heavy atom. The third-order valence-electron chi connectivity index (χ3n) is 3.61. The van der Waals surface area contributed by atoms with Gasteiger partial charge in [0.2, 0.25) is 0 Å². The molecule has 0 aliphatic heterocycles. The van der Waals surface area contributed by atoms with Crippen molar-refractivity contribution < 1.29 is 4.74 Å². The third kappa shape index (κ3) is 2.77. The molecule has 2 aromatic heterocycles. The monoisotopic (exact) mass is 280 g/mol. The molecule has 0 aliphatic rings. The molecule has 0 radical (unpaired) electrons. The highest BCUT2D eigenvalue weighted by molar-refractivity contribution is 5.82. The Hall–Kier alpha value is -2.29. The van der Waals surface area contributed by atoms with Gasteiger partial charge in [-0.3, -0.25) is 4.98 Å². The number of fused-ring (bicyclic) bond motifs is 1. The van der Waals surface area contributed by atoms with Gasteiger partial charge < -0.3 is 9.30 Å². The van der Waals surface area contributed by atoms with Gasteiger partial charge in [0.1, 0.15) is 12.4 Å². The van der Waals surface area contributed by atoms with Crippen LogP contribution in [0.2, 0.25) is 0 Å². The molecule has 3 aromatic rings. The predicted octanol–water partition coefficient (Wildman–Crippen LogP) is 4.50. The first-order chi connectivity index (χ1) is 10.1. The zero-order chi connectivity index (χ0) is 14.8. The molecule has 21 heavy (non-hydrogen) atoms. The summed E-state index contributed by atoms with van der Waals surface area (Å²) in [7, 11) is 0. The second-order valence-corrected chi connectivity index (χ2v) is 5.64. The molecule has 0 bridgehead atoms. The van der Waals surface area contributed by atoms with Crippen LogP contribution in [0.1, 0.15) is 31.1 Å². The van der Waals surface area contributed by atoms with Crippen molar-refractivity contribution in [3.05, 3.63) is 60.0 Å². The van der Waals surface area contributed by atoms with Gasteiger partial charge in [-0.1, -0.05) is 11.6 Å². The minimum atomic E-state index is 0.401. The van der Waals surface area contributed by atoms with Gasteiger partial charge in [-0.15, -0.1) is 0 Å². The van der Waals surface area contributed by atoms with Crippen LogP contribution in [0.3, 0.4) is 0 Å². The molecule has 0 atom stereocenters. The van der Waals surface area contributed by atoms with E-state index in [0.717, 1.165) is 5.75 Å². The number of nitrogens with zero attached hydrogens (tertiary/aromatic N) is 2. The molecule has 0 unspecified atom stereocenters. The fourth-order valence-corrected chi connectivity index (χ4v) is 2.72. The first-order valence-electron chi connectivity index (χ1n) is 7.28. The fraction of sp³-hybridized carbons (Fsp3) is 0.278. The van der Waals surface area contributed by atoms with E-state index < -0.39 is 0 Å². The van der Waals surface area contributed by atoms with Crippen LogP contribution in [0.25, 0.3) is 10.9 Å². The Kier molecular flexibility index (Phi) is 3.65. The van der Waals surface area contributed by atoms with Gasteiger partial charge in [0.25, 0.3) is 0 Å². The maximum Gasteiger partial charge on any atom is 0.138 e. The summed E-state index contributed by atoms with van der Waals surface area (Å²) in [5.74, 6) is 0.800. The number of aryl methyl sites for hydroxylation is 1. The van der Waals surface area contributed by atoms with E-state index in [-0.39, 0.29) is 0 Å². The van der Waals surface area contributed by atoms with E-state index in [1.165, 1.54) is 22.2 Å². The van der Waals surface area contributed by atoms with E-state index in [4.69, 9.17) is 4.74 Å². The molecule has 0 fully saturated rings. The second-order valence-electron chi connectivity index (χ2n) is 5.64. The van der Waals surface area contributed by atoms with Crippen LogP contribution in [0.4, 0.5) is 0 Å². The molecular weight excluding hydrogens is 260 g/mol. The van der Waals surface area contributed by atoms with Gasteiger partial charge in [-0.05, 0) is 51.1 Å². The van der Waals surface area contributed by atoms with E-state index in [9.17, 15) is 0 Å². The summed E-state index contributed by atoms with van der Waals surface area (Å²) in [5.41, 5.74) is 3.73. The minimum Gasteiger partial charge on any atom is -0.486 e. The van der Waals surface area contributed by atoms with Crippen LogP contribution in [0.5, 0.6) is 5.75 Å². The van der Waals surface area contributed by atoms with E-state index in [0.29, 0.717) is 12.6 Å². The van der Waals surface area contributed by atoms with Crippen LogP contribution in [0.15, 0.2) is 48.8 Å². The van der Waals surface area contributed by atoms with Crippen molar-refractivity contribution in [1.82, 2.24) is 9.55 Å². The van der Waals surface area contributed by atoms with Crippen molar-refractivity contribution in [3.8, 4) is 5.75 Å². The summed E-state index contributed by atoms with van der Waals surface area (Å²) in [5, 5.41) is 1.27. The lowest BCUT2D eigenvalue weighted by Gasteiger charge is -2.15. The summed E-state index contributed by atoms with van der Waals surface area (Å²) in [6.07, 6.45) is 3.49. The minimum absolute atomic E-state index is 0.401. The number of benzene rings is 1. The number of hydrogen-bond donors (Lipinski definition) is 0. The van der Waals surface area contributed by atoms with Gasteiger partial charge in [-0.2, -0.15) is 0 Å². The van der Waals surface area contributed by atoms with Crippen molar-refractivity contribution in [2.45, 2.75) is 33.4 Å². The average Bonchev–Trinajstić information content (AvgIpc) is 2.83. The molecule has 0 N–H and O–H groups in total. The van der Waals surface area contributed by atoms with Gasteiger partial charge in [-0.25, -0.2) is 0 Å². The quantitative estimate of drug-likeness (QED) is 0.703. The van der Waals surface area contributed by atoms with Crippen LogP contribution >= 0.6 is 0 Å². The van der Waals surface area contributed by atoms with Crippen LogP contribution < -0.4 is 4.74 Å². The summed E-state index contributed by atoms with van der Waals surface area (Å²) < 4.78 is 8.20. The highest BCUT2D eigenvalue weighted by atomic mass is 16.5. The lowest BCUT2D eigenvalue weighted by atomic mass is 10.2. The highest BCUT2D eigenvalue weighted by Crippen LogP contribution is 2.26. The average molecular weight is 280 g/mol. The maximum atomic E-state index is 5.86.